The van der Waals surface area contributed by atoms with E-state index in [-0.39, 0.29) is 0 Å². The summed E-state index contributed by atoms with van der Waals surface area (Å²) in [5.41, 5.74) is 4.52. The molecule has 1 aliphatic heterocycles. The smallest absolute Gasteiger partial charge is 0.165 e. The van der Waals surface area contributed by atoms with Gasteiger partial charge in [-0.15, -0.1) is 0 Å². The van der Waals surface area contributed by atoms with Crippen molar-refractivity contribution in [2.75, 3.05) is 18.6 Å². The third-order valence-corrected chi connectivity index (χ3v) is 3.59. The Balaban J connectivity index is 1.79. The molecule has 0 bridgehead atoms. The molecule has 0 radical (unpaired) electrons. The van der Waals surface area contributed by atoms with Crippen LogP contribution < -0.4 is 14.9 Å². The molecule has 22 heavy (non-hydrogen) atoms. The molecule has 0 saturated heterocycles. The van der Waals surface area contributed by atoms with Crippen LogP contribution in [0.3, 0.4) is 0 Å². The van der Waals surface area contributed by atoms with Crippen LogP contribution in [0.4, 0.5) is 5.82 Å². The molecular weight excluding hydrogens is 325 g/mol. The molecule has 3 rings (SSSR count). The summed E-state index contributed by atoms with van der Waals surface area (Å²) in [5.74, 6) is 1.92. The number of hydrogen-bond acceptors (Lipinski definition) is 5. The highest BCUT2D eigenvalue weighted by atomic mass is 35.5. The van der Waals surface area contributed by atoms with Gasteiger partial charge in [-0.3, -0.25) is 5.43 Å². The third kappa shape index (κ3) is 3.26. The number of hydrogen-bond donors (Lipinski definition) is 1. The van der Waals surface area contributed by atoms with Gasteiger partial charge in [-0.25, -0.2) is 4.98 Å². The number of hydrazone groups is 1. The van der Waals surface area contributed by atoms with Crippen LogP contribution in [0.1, 0.15) is 12.5 Å². The number of nitrogens with one attached hydrogen (secondary N) is 1. The molecule has 5 nitrogen and oxygen atoms in total. The second-order valence-corrected chi connectivity index (χ2v) is 5.50. The zero-order chi connectivity index (χ0) is 15.5. The maximum atomic E-state index is 6.04. The van der Waals surface area contributed by atoms with Gasteiger partial charge in [0.25, 0.3) is 0 Å². The van der Waals surface area contributed by atoms with E-state index >= 15 is 0 Å². The Morgan fingerprint density at radius 1 is 1.18 bits per heavy atom. The highest BCUT2D eigenvalue weighted by molar-refractivity contribution is 6.35. The fourth-order valence-corrected chi connectivity index (χ4v) is 2.39. The predicted octanol–water partition coefficient (Wildman–Crippen LogP) is 4.00. The average molecular weight is 338 g/mol. The number of benzene rings is 1. The number of ether oxygens (including phenoxy) is 2. The Hall–Kier alpha value is -1.98. The number of anilines is 1. The topological polar surface area (TPSA) is 55.7 Å². The third-order valence-electron chi connectivity index (χ3n) is 3.10. The van der Waals surface area contributed by atoms with E-state index in [0.717, 1.165) is 22.8 Å². The van der Waals surface area contributed by atoms with Gasteiger partial charge in [-0.1, -0.05) is 23.2 Å². The van der Waals surface area contributed by atoms with E-state index in [0.29, 0.717) is 29.1 Å². The van der Waals surface area contributed by atoms with Gasteiger partial charge in [0.1, 0.15) is 13.2 Å². The normalized spacial score (nSPS) is 13.9. The summed E-state index contributed by atoms with van der Waals surface area (Å²) in [5, 5.41) is 5.17. The molecule has 1 aliphatic rings. The van der Waals surface area contributed by atoms with Gasteiger partial charge < -0.3 is 9.47 Å². The van der Waals surface area contributed by atoms with Crippen molar-refractivity contribution in [3.8, 4) is 11.5 Å². The number of pyridine rings is 1. The van der Waals surface area contributed by atoms with Crippen molar-refractivity contribution in [3.63, 3.8) is 0 Å². The maximum Gasteiger partial charge on any atom is 0.165 e. The Kier molecular flexibility index (Phi) is 4.36. The number of aromatic nitrogens is 1. The van der Waals surface area contributed by atoms with E-state index in [1.807, 2.05) is 25.1 Å². The molecule has 7 heteroatoms. The van der Waals surface area contributed by atoms with Crippen LogP contribution in [-0.2, 0) is 0 Å². The first-order valence-corrected chi connectivity index (χ1v) is 7.40. The summed E-state index contributed by atoms with van der Waals surface area (Å²) >= 11 is 11.8. The molecule has 0 fully saturated rings. The minimum Gasteiger partial charge on any atom is -0.486 e. The molecule has 1 N–H and O–H groups in total. The first-order chi connectivity index (χ1) is 10.6. The molecule has 0 saturated carbocycles. The first kappa shape index (κ1) is 14.9. The van der Waals surface area contributed by atoms with Gasteiger partial charge in [0, 0.05) is 11.8 Å². The van der Waals surface area contributed by atoms with Crippen LogP contribution in [0, 0.1) is 0 Å². The SMILES string of the molecule is C/C(=N/Nc1ncc(Cl)cc1Cl)c1ccc2c(c1)OCCO2. The summed E-state index contributed by atoms with van der Waals surface area (Å²) in [6.45, 7) is 3.00. The lowest BCUT2D eigenvalue weighted by Gasteiger charge is -2.18. The van der Waals surface area contributed by atoms with Crippen LogP contribution in [0.25, 0.3) is 0 Å². The summed E-state index contributed by atoms with van der Waals surface area (Å²) in [7, 11) is 0. The van der Waals surface area contributed by atoms with E-state index in [1.165, 1.54) is 6.20 Å². The number of fused-ring (bicyclic) bond motifs is 1. The molecule has 2 heterocycles. The molecule has 0 atom stereocenters. The first-order valence-electron chi connectivity index (χ1n) is 6.65. The van der Waals surface area contributed by atoms with Gasteiger partial charge in [-0.05, 0) is 31.2 Å². The second-order valence-electron chi connectivity index (χ2n) is 4.65. The quantitative estimate of drug-likeness (QED) is 0.679. The van der Waals surface area contributed by atoms with Crippen LogP contribution in [0.2, 0.25) is 10.0 Å². The summed E-state index contributed by atoms with van der Waals surface area (Å²) in [6.07, 6.45) is 1.50. The maximum absolute atomic E-state index is 6.04. The van der Waals surface area contributed by atoms with Crippen molar-refractivity contribution in [2.24, 2.45) is 5.10 Å². The molecule has 1 aromatic heterocycles. The summed E-state index contributed by atoms with van der Waals surface area (Å²) in [4.78, 5) is 4.09. The van der Waals surface area contributed by atoms with Crippen molar-refractivity contribution in [1.82, 2.24) is 4.98 Å². The zero-order valence-electron chi connectivity index (χ0n) is 11.8. The summed E-state index contributed by atoms with van der Waals surface area (Å²) in [6, 6.07) is 7.29. The molecule has 0 aliphatic carbocycles. The molecule has 114 valence electrons. The predicted molar refractivity (Wildman–Crippen MR) is 87.5 cm³/mol. The number of rotatable bonds is 3. The van der Waals surface area contributed by atoms with Crippen molar-refractivity contribution in [1.29, 1.82) is 0 Å². The monoisotopic (exact) mass is 337 g/mol. The molecular formula is C15H13Cl2N3O2. The Morgan fingerprint density at radius 3 is 2.73 bits per heavy atom. The van der Waals surface area contributed by atoms with Gasteiger partial charge in [0.05, 0.1) is 15.8 Å². The number of halogens is 2. The zero-order valence-corrected chi connectivity index (χ0v) is 13.3. The standard InChI is InChI=1S/C15H13Cl2N3O2/c1-9(19-20-15-12(17)7-11(16)8-18-15)10-2-3-13-14(6-10)22-5-4-21-13/h2-3,6-8H,4-5H2,1H3,(H,18,20)/b19-9-. The van der Waals surface area contributed by atoms with E-state index in [4.69, 9.17) is 32.7 Å². The highest BCUT2D eigenvalue weighted by Crippen LogP contribution is 2.31. The largest absolute Gasteiger partial charge is 0.486 e. The fraction of sp³-hybridized carbons (Fsp3) is 0.200. The van der Waals surface area contributed by atoms with Gasteiger partial charge in [0.2, 0.25) is 0 Å². The van der Waals surface area contributed by atoms with Gasteiger partial charge >= 0.3 is 0 Å². The molecule has 0 amide bonds. The van der Waals surface area contributed by atoms with Crippen molar-refractivity contribution in [2.45, 2.75) is 6.92 Å². The Bertz CT molecular complexity index is 735. The Morgan fingerprint density at radius 2 is 1.95 bits per heavy atom. The minimum absolute atomic E-state index is 0.409. The van der Waals surface area contributed by atoms with E-state index in [1.54, 1.807) is 6.07 Å². The highest BCUT2D eigenvalue weighted by Gasteiger charge is 2.12. The molecule has 2 aromatic rings. The lowest BCUT2D eigenvalue weighted by molar-refractivity contribution is 0.171. The lowest BCUT2D eigenvalue weighted by Crippen LogP contribution is -2.15. The average Bonchev–Trinajstić information content (AvgIpc) is 2.53. The van der Waals surface area contributed by atoms with Crippen molar-refractivity contribution >= 4 is 34.7 Å². The molecule has 1 aromatic carbocycles. The van der Waals surface area contributed by atoms with E-state index in [9.17, 15) is 0 Å². The van der Waals surface area contributed by atoms with E-state index < -0.39 is 0 Å². The molecule has 0 unspecified atom stereocenters. The molecule has 0 spiro atoms. The van der Waals surface area contributed by atoms with Crippen molar-refractivity contribution in [3.05, 3.63) is 46.1 Å². The van der Waals surface area contributed by atoms with Crippen LogP contribution >= 0.6 is 23.2 Å². The lowest BCUT2D eigenvalue weighted by atomic mass is 10.1. The van der Waals surface area contributed by atoms with Crippen LogP contribution in [0.5, 0.6) is 11.5 Å². The van der Waals surface area contributed by atoms with E-state index in [2.05, 4.69) is 15.5 Å². The van der Waals surface area contributed by atoms with Gasteiger partial charge in [-0.2, -0.15) is 5.10 Å². The minimum atomic E-state index is 0.409. The number of nitrogens with zero attached hydrogens (tertiary/aromatic N) is 2. The van der Waals surface area contributed by atoms with Gasteiger partial charge in [0.15, 0.2) is 17.3 Å². The summed E-state index contributed by atoms with van der Waals surface area (Å²) < 4.78 is 11.1. The van der Waals surface area contributed by atoms with Crippen LogP contribution in [-0.4, -0.2) is 23.9 Å². The Labute approximate surface area is 137 Å². The van der Waals surface area contributed by atoms with Crippen LogP contribution in [0.15, 0.2) is 35.6 Å². The fourth-order valence-electron chi connectivity index (χ4n) is 1.97. The second kappa shape index (κ2) is 6.42. The van der Waals surface area contributed by atoms with Crippen molar-refractivity contribution < 1.29 is 9.47 Å².